The van der Waals surface area contributed by atoms with Gasteiger partial charge in [-0.3, -0.25) is 19.9 Å². The topological polar surface area (TPSA) is 265 Å². The molecule has 9 N–H and O–H groups in total. The van der Waals surface area contributed by atoms with Crippen molar-refractivity contribution in [1.29, 1.82) is 0 Å². The number of H-pyrrole nitrogens is 3. The van der Waals surface area contributed by atoms with Gasteiger partial charge in [-0.15, -0.1) is 15.3 Å². The van der Waals surface area contributed by atoms with Crippen molar-refractivity contribution in [2.75, 3.05) is 21.0 Å². The Bertz CT molecular complexity index is 6760. The number of carbonyl (C=O) groups is 2. The SMILES string of the molecule is Cc1ccc(NOCc2cc3ccc4c5ccccc5[nH]c4c3c(N=Nc3ccc(N(c4ccc(N=Nc5c(O)c(C(=O)Nc6ccc(C(F)(F)F)cc6)cc6ccc7c8ccccc8[nH]c7c56)cc4)c4ccc(N=Nc5c(O)c(C(=O)Nc6ccc(C(F)(F)F)cc6)cc6ccc7c8ccccc8[nH]c7c56)cc4)cc3)c2O)cc1. The molecule has 25 heteroatoms. The summed E-state index contributed by atoms with van der Waals surface area (Å²) in [7, 11) is 0. The number of aromatic amines is 3. The van der Waals surface area contributed by atoms with E-state index in [1.54, 1.807) is 72.8 Å². The van der Waals surface area contributed by atoms with E-state index in [9.17, 15) is 51.3 Å². The Morgan fingerprint density at radius 1 is 0.383 bits per heavy atom. The largest absolute Gasteiger partial charge is 0.505 e. The molecule has 0 aliphatic rings. The highest BCUT2D eigenvalue weighted by Gasteiger charge is 2.32. The van der Waals surface area contributed by atoms with Gasteiger partial charge in [-0.25, -0.2) is 0 Å². The van der Waals surface area contributed by atoms with Crippen molar-refractivity contribution in [1.82, 2.24) is 15.0 Å². The third-order valence-corrected chi connectivity index (χ3v) is 20.3. The number of hydrogen-bond donors (Lipinski definition) is 9. The summed E-state index contributed by atoms with van der Waals surface area (Å²) in [4.78, 5) is 46.6. The van der Waals surface area contributed by atoms with E-state index < -0.39 is 46.8 Å². The van der Waals surface area contributed by atoms with Gasteiger partial charge in [0, 0.05) is 99.0 Å². The van der Waals surface area contributed by atoms with E-state index in [0.29, 0.717) is 77.7 Å². The third-order valence-electron chi connectivity index (χ3n) is 20.3. The molecule has 0 fully saturated rings. The first kappa shape index (κ1) is 71.4. The molecule has 115 heavy (non-hydrogen) atoms. The Hall–Kier alpha value is -15.2. The Balaban J connectivity index is 0.715. The molecule has 562 valence electrons. The van der Waals surface area contributed by atoms with Crippen LogP contribution in [0.15, 0.2) is 304 Å². The number of azo groups is 3. The number of phenols is 3. The molecule has 15 aromatic carbocycles. The first-order valence-corrected chi connectivity index (χ1v) is 36.0. The molecule has 0 unspecified atom stereocenters. The predicted octanol–water partition coefficient (Wildman–Crippen LogP) is 26.3. The van der Waals surface area contributed by atoms with E-state index in [4.69, 9.17) is 15.1 Å². The summed E-state index contributed by atoms with van der Waals surface area (Å²) in [5.74, 6) is -2.87. The third kappa shape index (κ3) is 13.5. The van der Waals surface area contributed by atoms with Gasteiger partial charge in [-0.1, -0.05) is 109 Å². The van der Waals surface area contributed by atoms with Gasteiger partial charge in [0.05, 0.1) is 61.6 Å². The summed E-state index contributed by atoms with van der Waals surface area (Å²) in [6, 6.07) is 76.1. The molecule has 0 aliphatic heterocycles. The summed E-state index contributed by atoms with van der Waals surface area (Å²) >= 11 is 0. The minimum Gasteiger partial charge on any atom is -0.505 e. The predicted molar refractivity (Wildman–Crippen MR) is 437 cm³/mol. The molecule has 19 nitrogen and oxygen atoms in total. The van der Waals surface area contributed by atoms with Crippen LogP contribution in [0.4, 0.5) is 94.6 Å². The number of nitrogens with zero attached hydrogens (tertiary/aromatic N) is 7. The monoisotopic (exact) mass is 1530 g/mol. The molecular formula is C90H59F6N13O6. The fourth-order valence-corrected chi connectivity index (χ4v) is 14.6. The number of anilines is 6. The molecular weight excluding hydrogens is 1470 g/mol. The van der Waals surface area contributed by atoms with Crippen molar-refractivity contribution in [3.05, 3.63) is 306 Å². The van der Waals surface area contributed by atoms with E-state index >= 15 is 0 Å². The lowest BCUT2D eigenvalue weighted by Gasteiger charge is -2.25. The maximum absolute atomic E-state index is 14.1. The molecule has 18 aromatic rings. The van der Waals surface area contributed by atoms with E-state index in [0.717, 1.165) is 120 Å². The molecule has 0 radical (unpaired) electrons. The number of aromatic hydroxyl groups is 3. The normalized spacial score (nSPS) is 12.3. The van der Waals surface area contributed by atoms with Crippen LogP contribution in [0.3, 0.4) is 0 Å². The van der Waals surface area contributed by atoms with Crippen molar-refractivity contribution in [3.63, 3.8) is 0 Å². The van der Waals surface area contributed by atoms with Gasteiger partial charge >= 0.3 is 12.4 Å². The van der Waals surface area contributed by atoms with E-state index in [-0.39, 0.29) is 51.9 Å². The molecule has 0 aliphatic carbocycles. The van der Waals surface area contributed by atoms with Crippen molar-refractivity contribution in [2.24, 2.45) is 30.7 Å². The Morgan fingerprint density at radius 3 is 1.09 bits per heavy atom. The minimum atomic E-state index is -4.61. The molecule has 0 bridgehead atoms. The lowest BCUT2D eigenvalue weighted by molar-refractivity contribution is -0.138. The summed E-state index contributed by atoms with van der Waals surface area (Å²) in [6.45, 7) is 1.95. The van der Waals surface area contributed by atoms with Crippen LogP contribution >= 0.6 is 0 Å². The van der Waals surface area contributed by atoms with Gasteiger partial charge in [0.1, 0.15) is 29.4 Å². The van der Waals surface area contributed by atoms with E-state index in [1.165, 1.54) is 12.1 Å². The summed E-state index contributed by atoms with van der Waals surface area (Å²) in [5, 5.41) is 78.7. The lowest BCUT2D eigenvalue weighted by Crippen LogP contribution is -2.13. The molecule has 2 amide bonds. The van der Waals surface area contributed by atoms with Crippen LogP contribution in [-0.2, 0) is 23.8 Å². The maximum Gasteiger partial charge on any atom is 0.416 e. The number of phenolic OH excluding ortho intramolecular Hbond substituents is 3. The average molecular weight is 1530 g/mol. The second kappa shape index (κ2) is 28.6. The highest BCUT2D eigenvalue weighted by Crippen LogP contribution is 2.49. The van der Waals surface area contributed by atoms with Gasteiger partial charge < -0.3 is 45.8 Å². The lowest BCUT2D eigenvalue weighted by atomic mass is 10.00. The zero-order chi connectivity index (χ0) is 79.0. The number of carbonyl (C=O) groups excluding carboxylic acids is 2. The number of fused-ring (bicyclic) bond motifs is 15. The number of para-hydroxylation sites is 3. The molecule has 0 atom stereocenters. The first-order valence-electron chi connectivity index (χ1n) is 36.0. The number of aryl methyl sites for hydroxylation is 1. The van der Waals surface area contributed by atoms with Crippen LogP contribution < -0.4 is 21.0 Å². The highest BCUT2D eigenvalue weighted by atomic mass is 19.4. The van der Waals surface area contributed by atoms with Crippen LogP contribution in [0.1, 0.15) is 43.0 Å². The van der Waals surface area contributed by atoms with E-state index in [1.807, 2.05) is 151 Å². The number of nitrogens with one attached hydrogen (secondary N) is 6. The minimum absolute atomic E-state index is 0.0345. The van der Waals surface area contributed by atoms with Gasteiger partial charge in [0.15, 0.2) is 11.5 Å². The van der Waals surface area contributed by atoms with Crippen molar-refractivity contribution < 1.29 is 56.1 Å². The number of alkyl halides is 6. The molecule has 0 saturated heterocycles. The van der Waals surface area contributed by atoms with Gasteiger partial charge in [-0.2, -0.15) is 41.7 Å². The Labute approximate surface area is 646 Å². The second-order valence-electron chi connectivity index (χ2n) is 27.5. The van der Waals surface area contributed by atoms with Crippen molar-refractivity contribution >= 4 is 178 Å². The molecule has 18 rings (SSSR count). The molecule has 3 aromatic heterocycles. The standard InChI is InChI=1S/C90H59F6N13O6/c1-48-14-23-60(24-15-48)108-115-47-52-44-49-16-41-67-64-8-2-5-11-72(64)99-78(67)75(49)81(84(52)110)105-102-57-29-35-61(36-30-57)109(62-37-31-58(32-38-62)103-106-82-76-50(17-42-68-65-9-3-6-12-73(65)100-79(68)76)45-70(85(82)111)87(113)97-55-25-19-53(20-26-55)89(91,92)93)63-39-33-59(34-40-63)104-107-83-77-51(18-43-69-66-10-4-7-13-74(66)101-80(69)77)46-71(86(83)112)88(114)98-56-27-21-54(22-28-56)90(94,95)96/h2-46,99-101,108,110-112H,47H2,1H3,(H,97,113)(H,98,114). The van der Waals surface area contributed by atoms with Gasteiger partial charge in [0.25, 0.3) is 11.8 Å². The number of amides is 2. The van der Waals surface area contributed by atoms with Crippen LogP contribution in [0.25, 0.3) is 97.7 Å². The zero-order valence-electron chi connectivity index (χ0n) is 60.2. The van der Waals surface area contributed by atoms with Gasteiger partial charge in [0.2, 0.25) is 0 Å². The Morgan fingerprint density at radius 2 is 0.722 bits per heavy atom. The van der Waals surface area contributed by atoms with Crippen LogP contribution in [0.2, 0.25) is 0 Å². The number of benzene rings is 15. The number of aromatic nitrogens is 3. The molecule has 0 spiro atoms. The zero-order valence-corrected chi connectivity index (χ0v) is 60.2. The molecule has 0 saturated carbocycles. The summed E-state index contributed by atoms with van der Waals surface area (Å²) in [5.41, 5.74) is 10.4. The summed E-state index contributed by atoms with van der Waals surface area (Å²) < 4.78 is 81.3. The fraction of sp³-hybridized carbons (Fsp3) is 0.0444. The maximum atomic E-state index is 14.1. The van der Waals surface area contributed by atoms with Gasteiger partial charge in [-0.05, 0) is 193 Å². The number of halogens is 6. The number of hydrogen-bond acceptors (Lipinski definition) is 14. The second-order valence-corrected chi connectivity index (χ2v) is 27.5. The van der Waals surface area contributed by atoms with Crippen LogP contribution in [-0.4, -0.2) is 42.1 Å². The average Bonchev–Trinajstić information content (AvgIpc) is 1.66. The van der Waals surface area contributed by atoms with Crippen LogP contribution in [0, 0.1) is 6.92 Å². The quantitative estimate of drug-likeness (QED) is 0.0240. The smallest absolute Gasteiger partial charge is 0.416 e. The van der Waals surface area contributed by atoms with E-state index in [2.05, 4.69) is 51.5 Å². The molecule has 3 heterocycles. The number of rotatable bonds is 17. The Kier molecular flexibility index (Phi) is 17.7. The van der Waals surface area contributed by atoms with Crippen LogP contribution in [0.5, 0.6) is 17.2 Å². The van der Waals surface area contributed by atoms with Crippen molar-refractivity contribution in [3.8, 4) is 17.2 Å². The highest BCUT2D eigenvalue weighted by molar-refractivity contribution is 6.25. The fourth-order valence-electron chi connectivity index (χ4n) is 14.6. The first-order chi connectivity index (χ1) is 55.7. The van der Waals surface area contributed by atoms with Crippen molar-refractivity contribution in [2.45, 2.75) is 25.9 Å². The summed E-state index contributed by atoms with van der Waals surface area (Å²) in [6.07, 6.45) is -9.22.